The highest BCUT2D eigenvalue weighted by Gasteiger charge is 2.10. The Hall–Kier alpha value is -1.58. The van der Waals surface area contributed by atoms with Crippen molar-refractivity contribution in [1.82, 2.24) is 10.3 Å². The van der Waals surface area contributed by atoms with Gasteiger partial charge in [-0.2, -0.15) is 0 Å². The number of nitrogens with zero attached hydrogens (tertiary/aromatic N) is 1. The first-order valence-electron chi connectivity index (χ1n) is 4.57. The Bertz CT molecular complexity index is 323. The fourth-order valence-electron chi connectivity index (χ4n) is 1.13. The molecule has 14 heavy (non-hydrogen) atoms. The third kappa shape index (κ3) is 2.45. The lowest BCUT2D eigenvalue weighted by Crippen LogP contribution is -2.30. The van der Waals surface area contributed by atoms with Crippen molar-refractivity contribution in [2.24, 2.45) is 0 Å². The Morgan fingerprint density at radius 2 is 2.21 bits per heavy atom. The summed E-state index contributed by atoms with van der Waals surface area (Å²) in [7, 11) is 1.78. The molecule has 4 heteroatoms. The average molecular weight is 193 g/mol. The van der Waals surface area contributed by atoms with Gasteiger partial charge >= 0.3 is 0 Å². The lowest BCUT2D eigenvalue weighted by atomic mass is 10.2. The zero-order chi connectivity index (χ0) is 10.6. The molecule has 1 rings (SSSR count). The van der Waals surface area contributed by atoms with Crippen LogP contribution < -0.4 is 10.6 Å². The first kappa shape index (κ1) is 10.5. The maximum Gasteiger partial charge on any atom is 0.255 e. The Morgan fingerprint density at radius 1 is 1.50 bits per heavy atom. The number of carbonyl (C=O) groups is 1. The Kier molecular flexibility index (Phi) is 3.45. The quantitative estimate of drug-likeness (QED) is 0.760. The Morgan fingerprint density at radius 3 is 2.79 bits per heavy atom. The molecule has 0 saturated carbocycles. The summed E-state index contributed by atoms with van der Waals surface area (Å²) < 4.78 is 0. The number of nitrogens with one attached hydrogen (secondary N) is 2. The van der Waals surface area contributed by atoms with Crippen molar-refractivity contribution in [3.63, 3.8) is 0 Å². The largest absolute Gasteiger partial charge is 0.387 e. The highest BCUT2D eigenvalue weighted by Crippen LogP contribution is 2.12. The van der Waals surface area contributed by atoms with E-state index >= 15 is 0 Å². The van der Waals surface area contributed by atoms with Gasteiger partial charge in [0.25, 0.3) is 5.91 Å². The molecular formula is C10H15N3O. The summed E-state index contributed by atoms with van der Waals surface area (Å²) in [4.78, 5) is 15.6. The molecule has 0 aliphatic carbocycles. The lowest BCUT2D eigenvalue weighted by molar-refractivity contribution is 0.0943. The van der Waals surface area contributed by atoms with E-state index in [4.69, 9.17) is 0 Å². The monoisotopic (exact) mass is 193 g/mol. The summed E-state index contributed by atoms with van der Waals surface area (Å²) in [5, 5.41) is 5.76. The van der Waals surface area contributed by atoms with E-state index in [1.807, 2.05) is 13.8 Å². The molecule has 0 unspecified atom stereocenters. The molecule has 1 heterocycles. The molecule has 0 radical (unpaired) electrons. The maximum absolute atomic E-state index is 11.6. The number of hydrogen-bond acceptors (Lipinski definition) is 3. The molecule has 1 aromatic heterocycles. The van der Waals surface area contributed by atoms with Crippen molar-refractivity contribution in [2.75, 3.05) is 12.4 Å². The standard InChI is InChI=1S/C10H15N3O/c1-7(2)13-10(14)8-6-12-5-4-9(8)11-3/h4-7H,1-3H3,(H,11,12)(H,13,14). The summed E-state index contributed by atoms with van der Waals surface area (Å²) in [6.07, 6.45) is 3.21. The normalized spacial score (nSPS) is 10.0. The van der Waals surface area contributed by atoms with Gasteiger partial charge in [0.1, 0.15) is 0 Å². The van der Waals surface area contributed by atoms with E-state index in [0.717, 1.165) is 5.69 Å². The zero-order valence-electron chi connectivity index (χ0n) is 8.66. The van der Waals surface area contributed by atoms with Crippen LogP contribution in [0.1, 0.15) is 24.2 Å². The van der Waals surface area contributed by atoms with Gasteiger partial charge in [0, 0.05) is 31.2 Å². The van der Waals surface area contributed by atoms with Crippen molar-refractivity contribution in [2.45, 2.75) is 19.9 Å². The van der Waals surface area contributed by atoms with E-state index in [-0.39, 0.29) is 11.9 Å². The number of carbonyl (C=O) groups excluding carboxylic acids is 1. The topological polar surface area (TPSA) is 54.0 Å². The maximum atomic E-state index is 11.6. The number of rotatable bonds is 3. The van der Waals surface area contributed by atoms with Crippen LogP contribution in [0.25, 0.3) is 0 Å². The first-order valence-corrected chi connectivity index (χ1v) is 4.57. The van der Waals surface area contributed by atoms with Crippen LogP contribution >= 0.6 is 0 Å². The van der Waals surface area contributed by atoms with Gasteiger partial charge < -0.3 is 10.6 Å². The van der Waals surface area contributed by atoms with Gasteiger partial charge in [-0.05, 0) is 19.9 Å². The molecule has 4 nitrogen and oxygen atoms in total. The van der Waals surface area contributed by atoms with Crippen LogP contribution in [0.3, 0.4) is 0 Å². The number of pyridine rings is 1. The van der Waals surface area contributed by atoms with Gasteiger partial charge in [0.05, 0.1) is 5.56 Å². The summed E-state index contributed by atoms with van der Waals surface area (Å²) in [5.41, 5.74) is 1.36. The van der Waals surface area contributed by atoms with Crippen molar-refractivity contribution in [1.29, 1.82) is 0 Å². The molecule has 0 fully saturated rings. The molecule has 0 saturated heterocycles. The fraction of sp³-hybridized carbons (Fsp3) is 0.400. The molecule has 1 amide bonds. The molecule has 0 bridgehead atoms. The van der Waals surface area contributed by atoms with E-state index in [2.05, 4.69) is 15.6 Å². The predicted octanol–water partition coefficient (Wildman–Crippen LogP) is 1.26. The molecule has 2 N–H and O–H groups in total. The second kappa shape index (κ2) is 4.60. The average Bonchev–Trinajstić information content (AvgIpc) is 2.16. The molecule has 0 aliphatic rings. The van der Waals surface area contributed by atoms with Crippen molar-refractivity contribution >= 4 is 11.6 Å². The summed E-state index contributed by atoms with van der Waals surface area (Å²) in [6.45, 7) is 3.85. The first-order chi connectivity index (χ1) is 6.65. The molecule has 76 valence electrons. The number of aromatic nitrogens is 1. The number of amides is 1. The van der Waals surface area contributed by atoms with Crippen LogP contribution in [0.15, 0.2) is 18.5 Å². The highest BCUT2D eigenvalue weighted by atomic mass is 16.1. The van der Waals surface area contributed by atoms with Crippen LogP contribution in [-0.4, -0.2) is 24.0 Å². The molecule has 0 aromatic carbocycles. The third-order valence-electron chi connectivity index (χ3n) is 1.75. The van der Waals surface area contributed by atoms with Crippen LogP contribution in [0, 0.1) is 0 Å². The second-order valence-corrected chi connectivity index (χ2v) is 3.30. The second-order valence-electron chi connectivity index (χ2n) is 3.30. The van der Waals surface area contributed by atoms with Crippen molar-refractivity contribution < 1.29 is 4.79 Å². The van der Waals surface area contributed by atoms with E-state index in [1.165, 1.54) is 0 Å². The SMILES string of the molecule is CNc1ccncc1C(=O)NC(C)C. The van der Waals surface area contributed by atoms with Crippen LogP contribution in [0.4, 0.5) is 5.69 Å². The lowest BCUT2D eigenvalue weighted by Gasteiger charge is -2.10. The summed E-state index contributed by atoms with van der Waals surface area (Å²) in [6, 6.07) is 1.90. The van der Waals surface area contributed by atoms with E-state index in [1.54, 1.807) is 25.5 Å². The van der Waals surface area contributed by atoms with Gasteiger partial charge in [-0.3, -0.25) is 9.78 Å². The van der Waals surface area contributed by atoms with E-state index in [9.17, 15) is 4.79 Å². The van der Waals surface area contributed by atoms with Crippen LogP contribution in [-0.2, 0) is 0 Å². The van der Waals surface area contributed by atoms with Crippen molar-refractivity contribution in [3.8, 4) is 0 Å². The Labute approximate surface area is 83.7 Å². The van der Waals surface area contributed by atoms with Gasteiger partial charge in [-0.1, -0.05) is 0 Å². The number of anilines is 1. The molecule has 1 aromatic rings. The minimum atomic E-state index is -0.0996. The van der Waals surface area contributed by atoms with E-state index < -0.39 is 0 Å². The van der Waals surface area contributed by atoms with Crippen molar-refractivity contribution in [3.05, 3.63) is 24.0 Å². The van der Waals surface area contributed by atoms with Gasteiger partial charge in [0.15, 0.2) is 0 Å². The highest BCUT2D eigenvalue weighted by molar-refractivity contribution is 5.99. The minimum absolute atomic E-state index is 0.0996. The zero-order valence-corrected chi connectivity index (χ0v) is 8.66. The van der Waals surface area contributed by atoms with E-state index in [0.29, 0.717) is 5.56 Å². The molecule has 0 aliphatic heterocycles. The smallest absolute Gasteiger partial charge is 0.255 e. The molecule has 0 spiro atoms. The predicted molar refractivity (Wildman–Crippen MR) is 56.4 cm³/mol. The summed E-state index contributed by atoms with van der Waals surface area (Å²) in [5.74, 6) is -0.0996. The van der Waals surface area contributed by atoms with Crippen LogP contribution in [0.5, 0.6) is 0 Å². The number of hydrogen-bond donors (Lipinski definition) is 2. The van der Waals surface area contributed by atoms with Gasteiger partial charge in [-0.15, -0.1) is 0 Å². The molecular weight excluding hydrogens is 178 g/mol. The van der Waals surface area contributed by atoms with Gasteiger partial charge in [-0.25, -0.2) is 0 Å². The minimum Gasteiger partial charge on any atom is -0.387 e. The van der Waals surface area contributed by atoms with Gasteiger partial charge in [0.2, 0.25) is 0 Å². The Balaban J connectivity index is 2.88. The van der Waals surface area contributed by atoms with Crippen LogP contribution in [0.2, 0.25) is 0 Å². The third-order valence-corrected chi connectivity index (χ3v) is 1.75. The summed E-state index contributed by atoms with van der Waals surface area (Å²) >= 11 is 0. The molecule has 0 atom stereocenters. The fourth-order valence-corrected chi connectivity index (χ4v) is 1.13.